The predicted octanol–water partition coefficient (Wildman–Crippen LogP) is 1.15. The van der Waals surface area contributed by atoms with Gasteiger partial charge in [0.1, 0.15) is 0 Å². The smallest absolute Gasteiger partial charge is 0.312 e. The Morgan fingerprint density at radius 1 is 1.63 bits per heavy atom. The molecule has 0 fully saturated rings. The van der Waals surface area contributed by atoms with Crippen LogP contribution in [0.2, 0.25) is 0 Å². The Balaban J connectivity index is 2.78. The van der Waals surface area contributed by atoms with Gasteiger partial charge in [0.15, 0.2) is 12.4 Å². The number of carbonyl (C=O) groups excluding carboxylic acids is 1. The maximum Gasteiger partial charge on any atom is 0.312 e. The van der Waals surface area contributed by atoms with E-state index in [1.165, 1.54) is 18.2 Å². The summed E-state index contributed by atoms with van der Waals surface area (Å²) in [5.41, 5.74) is -0.203. The van der Waals surface area contributed by atoms with Crippen LogP contribution in [0.4, 0.5) is 5.69 Å². The molecule has 1 aromatic carbocycles. The van der Waals surface area contributed by atoms with Crippen molar-refractivity contribution in [2.24, 2.45) is 0 Å². The molecule has 0 aliphatic heterocycles. The predicted molar refractivity (Wildman–Crippen MR) is 66.5 cm³/mol. The molecule has 7 nitrogen and oxygen atoms in total. The van der Waals surface area contributed by atoms with Crippen LogP contribution in [0.5, 0.6) is 5.75 Å². The number of nitro groups is 1. The lowest BCUT2D eigenvalue weighted by atomic mass is 10.2. The highest BCUT2D eigenvalue weighted by molar-refractivity contribution is 5.77. The van der Waals surface area contributed by atoms with Gasteiger partial charge in [-0.2, -0.15) is 5.26 Å². The van der Waals surface area contributed by atoms with E-state index in [-0.39, 0.29) is 30.2 Å². The van der Waals surface area contributed by atoms with Gasteiger partial charge in [0, 0.05) is 12.6 Å². The van der Waals surface area contributed by atoms with Crippen LogP contribution in [0.15, 0.2) is 30.9 Å². The third-order valence-corrected chi connectivity index (χ3v) is 2.09. The van der Waals surface area contributed by atoms with E-state index in [1.807, 2.05) is 0 Å². The zero-order valence-electron chi connectivity index (χ0n) is 9.96. The summed E-state index contributed by atoms with van der Waals surface area (Å²) in [6, 6.07) is 5.55. The summed E-state index contributed by atoms with van der Waals surface area (Å²) in [5.74, 6) is -0.476. The molecule has 1 rings (SSSR count). The van der Waals surface area contributed by atoms with Crippen LogP contribution in [-0.2, 0) is 4.79 Å². The van der Waals surface area contributed by atoms with E-state index >= 15 is 0 Å². The van der Waals surface area contributed by atoms with Crippen LogP contribution in [0.3, 0.4) is 0 Å². The van der Waals surface area contributed by atoms with E-state index in [4.69, 9.17) is 10.00 Å². The van der Waals surface area contributed by atoms with Crippen LogP contribution in [0.25, 0.3) is 0 Å². The van der Waals surface area contributed by atoms with Crippen molar-refractivity contribution in [2.45, 2.75) is 0 Å². The molecule has 0 radical (unpaired) electrons. The van der Waals surface area contributed by atoms with Crippen molar-refractivity contribution in [2.75, 3.05) is 13.2 Å². The van der Waals surface area contributed by atoms with E-state index in [0.29, 0.717) is 0 Å². The minimum Gasteiger partial charge on any atom is -0.477 e. The number of rotatable bonds is 6. The SMILES string of the molecule is C=CCNC(=O)COc1ccc(C#N)cc1[N+](=O)[O-]. The minimum atomic E-state index is -0.669. The lowest BCUT2D eigenvalue weighted by Gasteiger charge is -2.06. The van der Waals surface area contributed by atoms with Gasteiger partial charge in [-0.15, -0.1) is 6.58 Å². The summed E-state index contributed by atoms with van der Waals surface area (Å²) in [7, 11) is 0. The normalized spacial score (nSPS) is 9.21. The van der Waals surface area contributed by atoms with Crippen molar-refractivity contribution in [3.8, 4) is 11.8 Å². The van der Waals surface area contributed by atoms with Crippen molar-refractivity contribution in [3.63, 3.8) is 0 Å². The molecule has 0 unspecified atom stereocenters. The van der Waals surface area contributed by atoms with Crippen LogP contribution >= 0.6 is 0 Å². The fraction of sp³-hybridized carbons (Fsp3) is 0.167. The summed E-state index contributed by atoms with van der Waals surface area (Å²) in [6.45, 7) is 3.37. The van der Waals surface area contributed by atoms with E-state index < -0.39 is 10.8 Å². The van der Waals surface area contributed by atoms with Gasteiger partial charge in [-0.1, -0.05) is 6.08 Å². The van der Waals surface area contributed by atoms with Crippen molar-refractivity contribution in [3.05, 3.63) is 46.5 Å². The zero-order valence-corrected chi connectivity index (χ0v) is 9.96. The first-order chi connectivity index (χ1) is 9.08. The first-order valence-electron chi connectivity index (χ1n) is 5.27. The van der Waals surface area contributed by atoms with Crippen molar-refractivity contribution >= 4 is 11.6 Å². The molecule has 19 heavy (non-hydrogen) atoms. The Morgan fingerprint density at radius 3 is 2.95 bits per heavy atom. The Hall–Kier alpha value is -2.88. The fourth-order valence-electron chi connectivity index (χ4n) is 1.23. The van der Waals surface area contributed by atoms with Gasteiger partial charge in [-0.25, -0.2) is 0 Å². The molecule has 0 saturated heterocycles. The average Bonchev–Trinajstić information content (AvgIpc) is 2.42. The van der Waals surface area contributed by atoms with E-state index in [0.717, 1.165) is 6.07 Å². The first kappa shape index (κ1) is 14.2. The highest BCUT2D eigenvalue weighted by atomic mass is 16.6. The number of nitrogens with one attached hydrogen (secondary N) is 1. The van der Waals surface area contributed by atoms with Gasteiger partial charge < -0.3 is 10.1 Å². The van der Waals surface area contributed by atoms with Crippen molar-refractivity contribution in [1.29, 1.82) is 5.26 Å². The van der Waals surface area contributed by atoms with Gasteiger partial charge in [0.25, 0.3) is 5.91 Å². The van der Waals surface area contributed by atoms with Crippen molar-refractivity contribution < 1.29 is 14.5 Å². The molecule has 1 N–H and O–H groups in total. The molecule has 0 aliphatic rings. The number of hydrogen-bond acceptors (Lipinski definition) is 5. The third-order valence-electron chi connectivity index (χ3n) is 2.09. The van der Waals surface area contributed by atoms with Crippen LogP contribution in [-0.4, -0.2) is 24.0 Å². The van der Waals surface area contributed by atoms with E-state index in [9.17, 15) is 14.9 Å². The number of nitrogens with zero attached hydrogens (tertiary/aromatic N) is 2. The van der Waals surface area contributed by atoms with E-state index in [2.05, 4.69) is 11.9 Å². The Kier molecular flexibility index (Phi) is 5.04. The molecule has 0 aromatic heterocycles. The summed E-state index contributed by atoms with van der Waals surface area (Å²) < 4.78 is 5.06. The monoisotopic (exact) mass is 261 g/mol. The maximum atomic E-state index is 11.3. The fourth-order valence-corrected chi connectivity index (χ4v) is 1.23. The average molecular weight is 261 g/mol. The molecule has 0 heterocycles. The molecule has 1 aromatic rings. The molecule has 0 spiro atoms. The molecule has 0 saturated carbocycles. The maximum absolute atomic E-state index is 11.3. The number of hydrogen-bond donors (Lipinski definition) is 1. The van der Waals surface area contributed by atoms with Gasteiger partial charge in [-0.05, 0) is 12.1 Å². The lowest BCUT2D eigenvalue weighted by molar-refractivity contribution is -0.385. The molecule has 7 heteroatoms. The number of benzene rings is 1. The second kappa shape index (κ2) is 6.76. The molecule has 0 aliphatic carbocycles. The van der Waals surface area contributed by atoms with Gasteiger partial charge in [0.2, 0.25) is 0 Å². The summed E-state index contributed by atoms with van der Waals surface area (Å²) in [4.78, 5) is 21.4. The zero-order chi connectivity index (χ0) is 14.3. The third kappa shape index (κ3) is 4.12. The molecule has 98 valence electrons. The molecule has 0 atom stereocenters. The first-order valence-corrected chi connectivity index (χ1v) is 5.27. The lowest BCUT2D eigenvalue weighted by Crippen LogP contribution is -2.28. The minimum absolute atomic E-state index is 0.0576. The van der Waals surface area contributed by atoms with E-state index in [1.54, 1.807) is 6.07 Å². The number of ether oxygens (including phenoxy) is 1. The topological polar surface area (TPSA) is 105 Å². The number of carbonyl (C=O) groups is 1. The number of nitro benzene ring substituents is 1. The Labute approximate surface area is 109 Å². The van der Waals surface area contributed by atoms with Gasteiger partial charge in [-0.3, -0.25) is 14.9 Å². The van der Waals surface area contributed by atoms with Crippen LogP contribution in [0.1, 0.15) is 5.56 Å². The highest BCUT2D eigenvalue weighted by Gasteiger charge is 2.16. The van der Waals surface area contributed by atoms with Crippen molar-refractivity contribution in [1.82, 2.24) is 5.32 Å². The quantitative estimate of drug-likeness (QED) is 0.469. The largest absolute Gasteiger partial charge is 0.477 e. The Bertz CT molecular complexity index is 548. The summed E-state index contributed by atoms with van der Waals surface area (Å²) >= 11 is 0. The molecule has 1 amide bonds. The molecular formula is C12H11N3O4. The molecular weight excluding hydrogens is 250 g/mol. The second-order valence-electron chi connectivity index (χ2n) is 3.43. The highest BCUT2D eigenvalue weighted by Crippen LogP contribution is 2.27. The van der Waals surface area contributed by atoms with Crippen LogP contribution in [0, 0.1) is 21.4 Å². The standard InChI is InChI=1S/C12H11N3O4/c1-2-5-14-12(16)8-19-11-4-3-9(7-13)6-10(11)15(17)18/h2-4,6H,1,5,8H2,(H,14,16). The number of amides is 1. The summed E-state index contributed by atoms with van der Waals surface area (Å²) in [6.07, 6.45) is 1.50. The van der Waals surface area contributed by atoms with Crippen LogP contribution < -0.4 is 10.1 Å². The summed E-state index contributed by atoms with van der Waals surface area (Å²) in [5, 5.41) is 21.9. The van der Waals surface area contributed by atoms with Gasteiger partial charge in [0.05, 0.1) is 16.6 Å². The Morgan fingerprint density at radius 2 is 2.37 bits per heavy atom. The second-order valence-corrected chi connectivity index (χ2v) is 3.43. The van der Waals surface area contributed by atoms with Gasteiger partial charge >= 0.3 is 5.69 Å². The molecule has 0 bridgehead atoms. The number of nitriles is 1.